The van der Waals surface area contributed by atoms with Gasteiger partial charge in [-0.15, -0.1) is 0 Å². The van der Waals surface area contributed by atoms with Crippen LogP contribution >= 0.6 is 0 Å². The number of rotatable bonds is 5. The zero-order valence-electron chi connectivity index (χ0n) is 15.9. The molecule has 2 aromatic rings. The number of piperidine rings is 1. The van der Waals surface area contributed by atoms with Crippen LogP contribution in [-0.4, -0.2) is 46.4 Å². The van der Waals surface area contributed by atoms with E-state index in [1.54, 1.807) is 12.1 Å². The van der Waals surface area contributed by atoms with Crippen LogP contribution in [0.15, 0.2) is 52.8 Å². The number of furan rings is 1. The van der Waals surface area contributed by atoms with Crippen molar-refractivity contribution < 1.29 is 19.1 Å². The number of hydrogen-bond donors (Lipinski definition) is 1. The number of benzene rings is 1. The van der Waals surface area contributed by atoms with Gasteiger partial charge < -0.3 is 14.4 Å². The van der Waals surface area contributed by atoms with E-state index >= 15 is 0 Å². The Bertz CT molecular complexity index is 899. The van der Waals surface area contributed by atoms with Crippen molar-refractivity contribution in [2.45, 2.75) is 26.3 Å². The Balaban J connectivity index is 1.74. The highest BCUT2D eigenvalue weighted by molar-refractivity contribution is 6.35. The minimum atomic E-state index is -0.300. The molecule has 2 aliphatic rings. The van der Waals surface area contributed by atoms with Gasteiger partial charge in [0.1, 0.15) is 11.5 Å². The molecule has 1 fully saturated rings. The van der Waals surface area contributed by atoms with Crippen LogP contribution in [0.4, 0.5) is 0 Å². The lowest BCUT2D eigenvalue weighted by molar-refractivity contribution is -0.138. The van der Waals surface area contributed by atoms with Crippen molar-refractivity contribution in [1.29, 1.82) is 0 Å². The molecule has 3 heterocycles. The summed E-state index contributed by atoms with van der Waals surface area (Å²) in [6.45, 7) is 3.46. The third kappa shape index (κ3) is 3.36. The largest absolute Gasteiger partial charge is 0.467 e. The van der Waals surface area contributed by atoms with Gasteiger partial charge >= 0.3 is 0 Å². The van der Waals surface area contributed by atoms with Crippen LogP contribution in [-0.2, 0) is 16.1 Å². The van der Waals surface area contributed by atoms with Gasteiger partial charge in [-0.05, 0) is 43.4 Å². The highest BCUT2D eigenvalue weighted by Crippen LogP contribution is 2.34. The Labute approximate surface area is 164 Å². The van der Waals surface area contributed by atoms with Gasteiger partial charge in [0.2, 0.25) is 0 Å². The summed E-state index contributed by atoms with van der Waals surface area (Å²) >= 11 is 0. The van der Waals surface area contributed by atoms with Gasteiger partial charge in [0.05, 0.1) is 18.4 Å². The molecule has 1 aromatic carbocycles. The highest BCUT2D eigenvalue weighted by atomic mass is 16.3. The summed E-state index contributed by atoms with van der Waals surface area (Å²) in [6, 6.07) is 11.2. The predicted octanol–water partition coefficient (Wildman–Crippen LogP) is 2.57. The van der Waals surface area contributed by atoms with Crippen molar-refractivity contribution in [2.24, 2.45) is 5.92 Å². The van der Waals surface area contributed by atoms with E-state index in [1.807, 2.05) is 36.1 Å². The first-order valence-corrected chi connectivity index (χ1v) is 9.64. The molecule has 1 aromatic heterocycles. The Kier molecular flexibility index (Phi) is 5.05. The van der Waals surface area contributed by atoms with E-state index in [-0.39, 0.29) is 30.9 Å². The van der Waals surface area contributed by atoms with E-state index < -0.39 is 0 Å². The lowest BCUT2D eigenvalue weighted by Gasteiger charge is -2.34. The van der Waals surface area contributed by atoms with Crippen LogP contribution in [0.3, 0.4) is 0 Å². The number of carbonyl (C=O) groups is 2. The minimum Gasteiger partial charge on any atom is -0.467 e. The normalized spacial score (nSPS) is 20.4. The molecule has 2 aliphatic heterocycles. The molecule has 1 unspecified atom stereocenters. The molecule has 0 spiro atoms. The molecule has 6 heteroatoms. The third-order valence-corrected chi connectivity index (χ3v) is 5.47. The first kappa shape index (κ1) is 18.5. The van der Waals surface area contributed by atoms with Gasteiger partial charge in [-0.2, -0.15) is 0 Å². The van der Waals surface area contributed by atoms with Gasteiger partial charge in [0, 0.05) is 19.7 Å². The quantitative estimate of drug-likeness (QED) is 0.807. The van der Waals surface area contributed by atoms with Crippen molar-refractivity contribution in [1.82, 2.24) is 9.80 Å². The second kappa shape index (κ2) is 7.64. The summed E-state index contributed by atoms with van der Waals surface area (Å²) in [5, 5.41) is 9.59. The second-order valence-electron chi connectivity index (χ2n) is 7.50. The van der Waals surface area contributed by atoms with Gasteiger partial charge in [0.15, 0.2) is 0 Å². The maximum Gasteiger partial charge on any atom is 0.278 e. The molecule has 0 radical (unpaired) electrons. The van der Waals surface area contributed by atoms with Crippen LogP contribution in [0.25, 0.3) is 5.57 Å². The third-order valence-electron chi connectivity index (χ3n) is 5.47. The predicted molar refractivity (Wildman–Crippen MR) is 104 cm³/mol. The van der Waals surface area contributed by atoms with Gasteiger partial charge in [0.25, 0.3) is 11.8 Å². The number of imide groups is 1. The fourth-order valence-electron chi connectivity index (χ4n) is 3.96. The average molecular weight is 380 g/mol. The molecule has 4 rings (SSSR count). The van der Waals surface area contributed by atoms with Gasteiger partial charge in [-0.3, -0.25) is 14.5 Å². The zero-order valence-corrected chi connectivity index (χ0v) is 15.9. The monoisotopic (exact) mass is 380 g/mol. The molecule has 2 amide bonds. The molecular weight excluding hydrogens is 356 g/mol. The standard InChI is InChI=1S/C22H24N2O4/c1-15-6-8-17(9-7-15)19-20(23-10-2-4-16(12-23)14-25)22(27)24(21(19)26)13-18-5-3-11-28-18/h3,5-9,11,16,25H,2,4,10,12-14H2,1H3. The SMILES string of the molecule is Cc1ccc(C2=C(N3CCCC(CO)C3)C(=O)N(Cc3ccco3)C2=O)cc1. The number of nitrogens with zero attached hydrogens (tertiary/aromatic N) is 2. The van der Waals surface area contributed by atoms with E-state index in [0.29, 0.717) is 30.1 Å². The number of aliphatic hydroxyl groups is 1. The summed E-state index contributed by atoms with van der Waals surface area (Å²) < 4.78 is 5.35. The minimum absolute atomic E-state index is 0.0852. The summed E-state index contributed by atoms with van der Waals surface area (Å²) in [7, 11) is 0. The molecule has 0 bridgehead atoms. The summed E-state index contributed by atoms with van der Waals surface area (Å²) in [5.74, 6) is 0.0857. The van der Waals surface area contributed by atoms with Crippen molar-refractivity contribution in [3.05, 3.63) is 65.2 Å². The molecule has 1 atom stereocenters. The number of aryl methyl sites for hydroxylation is 1. The number of carbonyl (C=O) groups excluding carboxylic acids is 2. The Hall–Kier alpha value is -2.86. The Morgan fingerprint density at radius 2 is 1.93 bits per heavy atom. The molecule has 0 aliphatic carbocycles. The molecule has 28 heavy (non-hydrogen) atoms. The van der Waals surface area contributed by atoms with E-state index in [0.717, 1.165) is 24.0 Å². The van der Waals surface area contributed by atoms with Crippen LogP contribution < -0.4 is 0 Å². The van der Waals surface area contributed by atoms with Crippen LogP contribution in [0.1, 0.15) is 29.7 Å². The smallest absolute Gasteiger partial charge is 0.278 e. The molecule has 6 nitrogen and oxygen atoms in total. The molecular formula is C22H24N2O4. The number of amides is 2. The fourth-order valence-corrected chi connectivity index (χ4v) is 3.96. The molecule has 146 valence electrons. The topological polar surface area (TPSA) is 74.0 Å². The summed E-state index contributed by atoms with van der Waals surface area (Å²) in [6.07, 6.45) is 3.35. The van der Waals surface area contributed by atoms with Crippen LogP contribution in [0.2, 0.25) is 0 Å². The lowest BCUT2D eigenvalue weighted by atomic mass is 9.96. The van der Waals surface area contributed by atoms with Crippen LogP contribution in [0.5, 0.6) is 0 Å². The van der Waals surface area contributed by atoms with Crippen molar-refractivity contribution in [2.75, 3.05) is 19.7 Å². The maximum atomic E-state index is 13.3. The van der Waals surface area contributed by atoms with E-state index in [9.17, 15) is 14.7 Å². The second-order valence-corrected chi connectivity index (χ2v) is 7.50. The number of aliphatic hydroxyl groups excluding tert-OH is 1. The van der Waals surface area contributed by atoms with Crippen molar-refractivity contribution >= 4 is 17.4 Å². The van der Waals surface area contributed by atoms with E-state index in [1.165, 1.54) is 11.2 Å². The lowest BCUT2D eigenvalue weighted by Crippen LogP contribution is -2.40. The molecule has 1 N–H and O–H groups in total. The number of likely N-dealkylation sites (tertiary alicyclic amines) is 1. The van der Waals surface area contributed by atoms with Gasteiger partial charge in [-0.25, -0.2) is 0 Å². The van der Waals surface area contributed by atoms with E-state index in [4.69, 9.17) is 4.42 Å². The summed E-state index contributed by atoms with van der Waals surface area (Å²) in [5.41, 5.74) is 2.72. The molecule has 0 saturated carbocycles. The van der Waals surface area contributed by atoms with Gasteiger partial charge in [-0.1, -0.05) is 29.8 Å². The zero-order chi connectivity index (χ0) is 19.7. The number of hydrogen-bond acceptors (Lipinski definition) is 5. The Morgan fingerprint density at radius 3 is 2.61 bits per heavy atom. The molecule has 1 saturated heterocycles. The maximum absolute atomic E-state index is 13.3. The van der Waals surface area contributed by atoms with Crippen molar-refractivity contribution in [3.8, 4) is 0 Å². The van der Waals surface area contributed by atoms with Crippen LogP contribution in [0, 0.1) is 12.8 Å². The highest BCUT2D eigenvalue weighted by Gasteiger charge is 2.42. The Morgan fingerprint density at radius 1 is 1.14 bits per heavy atom. The average Bonchev–Trinajstić information content (AvgIpc) is 3.31. The fraction of sp³-hybridized carbons (Fsp3) is 0.364. The first-order chi connectivity index (χ1) is 13.6. The van der Waals surface area contributed by atoms with Crippen molar-refractivity contribution in [3.63, 3.8) is 0 Å². The van der Waals surface area contributed by atoms with E-state index in [2.05, 4.69) is 0 Å². The first-order valence-electron chi connectivity index (χ1n) is 9.64. The summed E-state index contributed by atoms with van der Waals surface area (Å²) in [4.78, 5) is 29.8.